The number of rotatable bonds is 6. The molecular weight excluding hydrogens is 226 g/mol. The number of ether oxygens (including phenoxy) is 1. The van der Waals surface area contributed by atoms with Crippen molar-refractivity contribution < 1.29 is 9.84 Å². The molecule has 0 aromatic heterocycles. The van der Waals surface area contributed by atoms with Crippen molar-refractivity contribution in [1.29, 1.82) is 0 Å². The predicted molar refractivity (Wildman–Crippen MR) is 73.0 cm³/mol. The van der Waals surface area contributed by atoms with E-state index >= 15 is 0 Å². The van der Waals surface area contributed by atoms with Crippen LogP contribution in [0.25, 0.3) is 0 Å². The zero-order chi connectivity index (χ0) is 12.8. The molecule has 1 aliphatic heterocycles. The Morgan fingerprint density at radius 1 is 1.44 bits per heavy atom. The Bertz CT molecular complexity index is 367. The summed E-state index contributed by atoms with van der Waals surface area (Å²) in [7, 11) is 1.71. The molecule has 0 bridgehead atoms. The van der Waals surface area contributed by atoms with Gasteiger partial charge >= 0.3 is 0 Å². The molecule has 1 N–H and O–H groups in total. The summed E-state index contributed by atoms with van der Waals surface area (Å²) < 4.78 is 5.26. The molecule has 1 fully saturated rings. The van der Waals surface area contributed by atoms with E-state index in [0.29, 0.717) is 12.6 Å². The van der Waals surface area contributed by atoms with Crippen LogP contribution in [0.5, 0.6) is 5.75 Å². The van der Waals surface area contributed by atoms with Gasteiger partial charge < -0.3 is 9.84 Å². The largest absolute Gasteiger partial charge is 0.497 e. The van der Waals surface area contributed by atoms with Crippen LogP contribution in [0.1, 0.15) is 24.8 Å². The van der Waals surface area contributed by atoms with Crippen molar-refractivity contribution in [2.45, 2.75) is 31.7 Å². The molecule has 3 heteroatoms. The van der Waals surface area contributed by atoms with Gasteiger partial charge in [-0.3, -0.25) is 4.90 Å². The molecular formula is C15H23NO2. The quantitative estimate of drug-likeness (QED) is 0.838. The van der Waals surface area contributed by atoms with Gasteiger partial charge in [0.25, 0.3) is 0 Å². The molecule has 1 atom stereocenters. The second kappa shape index (κ2) is 6.76. The Morgan fingerprint density at radius 2 is 2.33 bits per heavy atom. The molecule has 1 heterocycles. The zero-order valence-corrected chi connectivity index (χ0v) is 11.1. The Kier molecular flexibility index (Phi) is 5.02. The second-order valence-electron chi connectivity index (χ2n) is 4.96. The van der Waals surface area contributed by atoms with E-state index in [4.69, 9.17) is 9.84 Å². The van der Waals surface area contributed by atoms with E-state index in [1.54, 1.807) is 7.11 Å². The molecule has 1 aliphatic rings. The number of benzene rings is 1. The third kappa shape index (κ3) is 3.47. The van der Waals surface area contributed by atoms with Crippen LogP contribution in [0.3, 0.4) is 0 Å². The van der Waals surface area contributed by atoms with Gasteiger partial charge in [0.1, 0.15) is 5.75 Å². The minimum absolute atomic E-state index is 0.294. The summed E-state index contributed by atoms with van der Waals surface area (Å²) in [6.07, 6.45) is 4.51. The Balaban J connectivity index is 1.94. The Hall–Kier alpha value is -1.06. The highest BCUT2D eigenvalue weighted by Crippen LogP contribution is 2.23. The SMILES string of the molecule is COc1cccc(C[C@@H]2CCCN2CCCO)c1. The number of hydrogen-bond acceptors (Lipinski definition) is 3. The van der Waals surface area contributed by atoms with Gasteiger partial charge in [0.15, 0.2) is 0 Å². The summed E-state index contributed by atoms with van der Waals surface area (Å²) in [6, 6.07) is 8.97. The molecule has 3 nitrogen and oxygen atoms in total. The number of methoxy groups -OCH3 is 1. The first-order chi connectivity index (χ1) is 8.83. The van der Waals surface area contributed by atoms with Gasteiger partial charge in [-0.05, 0) is 49.9 Å². The van der Waals surface area contributed by atoms with E-state index in [1.807, 2.05) is 6.07 Å². The lowest BCUT2D eigenvalue weighted by molar-refractivity contribution is 0.212. The average molecular weight is 249 g/mol. The van der Waals surface area contributed by atoms with Crippen molar-refractivity contribution in [1.82, 2.24) is 4.90 Å². The fraction of sp³-hybridized carbons (Fsp3) is 0.600. The van der Waals surface area contributed by atoms with Crippen molar-refractivity contribution in [2.24, 2.45) is 0 Å². The first kappa shape index (κ1) is 13.4. The van der Waals surface area contributed by atoms with Crippen LogP contribution in [0, 0.1) is 0 Å². The van der Waals surface area contributed by atoms with E-state index in [1.165, 1.54) is 24.9 Å². The monoisotopic (exact) mass is 249 g/mol. The summed E-state index contributed by atoms with van der Waals surface area (Å²) in [6.45, 7) is 2.49. The Labute approximate surface area is 109 Å². The second-order valence-corrected chi connectivity index (χ2v) is 4.96. The molecule has 1 aromatic rings. The molecule has 2 rings (SSSR count). The van der Waals surface area contributed by atoms with Gasteiger partial charge in [-0.1, -0.05) is 12.1 Å². The van der Waals surface area contributed by atoms with Crippen molar-refractivity contribution >= 4 is 0 Å². The average Bonchev–Trinajstić information content (AvgIpc) is 2.84. The number of aliphatic hydroxyl groups excluding tert-OH is 1. The van der Waals surface area contributed by atoms with Gasteiger partial charge in [0, 0.05) is 19.2 Å². The van der Waals surface area contributed by atoms with Gasteiger partial charge in [0.05, 0.1) is 7.11 Å². The number of hydrogen-bond donors (Lipinski definition) is 1. The smallest absolute Gasteiger partial charge is 0.119 e. The van der Waals surface area contributed by atoms with Crippen LogP contribution in [0.4, 0.5) is 0 Å². The number of likely N-dealkylation sites (tertiary alicyclic amines) is 1. The topological polar surface area (TPSA) is 32.7 Å². The van der Waals surface area contributed by atoms with E-state index in [-0.39, 0.29) is 0 Å². The maximum Gasteiger partial charge on any atom is 0.119 e. The standard InChI is InChI=1S/C15H23NO2/c1-18-15-7-2-5-13(12-15)11-14-6-3-8-16(14)9-4-10-17/h2,5,7,12,14,17H,3-4,6,8-11H2,1H3/t14-/m0/s1. The molecule has 0 amide bonds. The summed E-state index contributed by atoms with van der Waals surface area (Å²) >= 11 is 0. The van der Waals surface area contributed by atoms with Crippen LogP contribution in [0.2, 0.25) is 0 Å². The molecule has 0 radical (unpaired) electrons. The number of nitrogens with zero attached hydrogens (tertiary/aromatic N) is 1. The van der Waals surface area contributed by atoms with Crippen molar-refractivity contribution in [2.75, 3.05) is 26.8 Å². The van der Waals surface area contributed by atoms with Crippen molar-refractivity contribution in [3.05, 3.63) is 29.8 Å². The summed E-state index contributed by atoms with van der Waals surface area (Å²) in [5, 5.41) is 8.93. The lowest BCUT2D eigenvalue weighted by atomic mass is 10.0. The van der Waals surface area contributed by atoms with E-state index in [2.05, 4.69) is 23.1 Å². The molecule has 18 heavy (non-hydrogen) atoms. The maximum absolute atomic E-state index is 8.93. The third-order valence-electron chi connectivity index (χ3n) is 3.71. The molecule has 100 valence electrons. The first-order valence-electron chi connectivity index (χ1n) is 6.81. The van der Waals surface area contributed by atoms with Crippen LogP contribution < -0.4 is 4.74 Å². The highest BCUT2D eigenvalue weighted by Gasteiger charge is 2.23. The number of aliphatic hydroxyl groups is 1. The summed E-state index contributed by atoms with van der Waals surface area (Å²) in [5.74, 6) is 0.937. The molecule has 0 unspecified atom stereocenters. The van der Waals surface area contributed by atoms with Gasteiger partial charge in [0.2, 0.25) is 0 Å². The van der Waals surface area contributed by atoms with Crippen LogP contribution in [-0.4, -0.2) is 42.9 Å². The van der Waals surface area contributed by atoms with Crippen LogP contribution in [0.15, 0.2) is 24.3 Å². The normalized spacial score (nSPS) is 20.2. The zero-order valence-electron chi connectivity index (χ0n) is 11.1. The van der Waals surface area contributed by atoms with Gasteiger partial charge in [-0.25, -0.2) is 0 Å². The van der Waals surface area contributed by atoms with E-state index in [9.17, 15) is 0 Å². The summed E-state index contributed by atoms with van der Waals surface area (Å²) in [5.41, 5.74) is 1.34. The maximum atomic E-state index is 8.93. The lowest BCUT2D eigenvalue weighted by Gasteiger charge is -2.24. The van der Waals surface area contributed by atoms with Crippen LogP contribution in [-0.2, 0) is 6.42 Å². The third-order valence-corrected chi connectivity index (χ3v) is 3.71. The minimum atomic E-state index is 0.294. The molecule has 0 aliphatic carbocycles. The minimum Gasteiger partial charge on any atom is -0.497 e. The van der Waals surface area contributed by atoms with E-state index in [0.717, 1.165) is 25.1 Å². The lowest BCUT2D eigenvalue weighted by Crippen LogP contribution is -2.32. The summed E-state index contributed by atoms with van der Waals surface area (Å²) in [4.78, 5) is 2.51. The fourth-order valence-electron chi connectivity index (χ4n) is 2.77. The molecule has 1 aromatic carbocycles. The van der Waals surface area contributed by atoms with Gasteiger partial charge in [-0.15, -0.1) is 0 Å². The highest BCUT2D eigenvalue weighted by molar-refractivity contribution is 5.29. The molecule has 0 spiro atoms. The molecule has 1 saturated heterocycles. The van der Waals surface area contributed by atoms with Gasteiger partial charge in [-0.2, -0.15) is 0 Å². The molecule has 0 saturated carbocycles. The van der Waals surface area contributed by atoms with Crippen molar-refractivity contribution in [3.8, 4) is 5.75 Å². The first-order valence-corrected chi connectivity index (χ1v) is 6.81. The highest BCUT2D eigenvalue weighted by atomic mass is 16.5. The van der Waals surface area contributed by atoms with Crippen LogP contribution >= 0.6 is 0 Å². The van der Waals surface area contributed by atoms with Crippen molar-refractivity contribution in [3.63, 3.8) is 0 Å². The van der Waals surface area contributed by atoms with E-state index < -0.39 is 0 Å². The predicted octanol–water partition coefficient (Wildman–Crippen LogP) is 2.08. The Morgan fingerprint density at radius 3 is 3.11 bits per heavy atom. The fourth-order valence-corrected chi connectivity index (χ4v) is 2.77.